The van der Waals surface area contributed by atoms with Gasteiger partial charge in [-0.05, 0) is 24.6 Å². The molecule has 2 rings (SSSR count). The summed E-state index contributed by atoms with van der Waals surface area (Å²) in [6.07, 6.45) is 0. The highest BCUT2D eigenvalue weighted by molar-refractivity contribution is 7.14. The summed E-state index contributed by atoms with van der Waals surface area (Å²) >= 11 is 13.2. The maximum absolute atomic E-state index is 6.03. The standard InChI is InChI=1S/C10H8Cl2N2S/c1-6-2-3-7(11)8(4-6)13-10-14-9(12)5-15-10/h2-5H,1H3,(H,13,14). The van der Waals surface area contributed by atoms with Crippen LogP contribution in [0.3, 0.4) is 0 Å². The first-order chi connectivity index (χ1) is 7.15. The minimum Gasteiger partial charge on any atom is -0.330 e. The molecule has 0 saturated heterocycles. The fraction of sp³-hybridized carbons (Fsp3) is 0.100. The quantitative estimate of drug-likeness (QED) is 0.858. The largest absolute Gasteiger partial charge is 0.330 e. The van der Waals surface area contributed by atoms with Crippen molar-refractivity contribution < 1.29 is 0 Å². The molecule has 0 amide bonds. The molecule has 1 aromatic carbocycles. The lowest BCUT2D eigenvalue weighted by Crippen LogP contribution is -1.90. The van der Waals surface area contributed by atoms with Gasteiger partial charge in [0.25, 0.3) is 0 Å². The number of hydrogen-bond donors (Lipinski definition) is 1. The Hall–Kier alpha value is -0.770. The van der Waals surface area contributed by atoms with Crippen LogP contribution in [0, 0.1) is 6.92 Å². The number of aryl methyl sites for hydroxylation is 1. The van der Waals surface area contributed by atoms with Crippen LogP contribution < -0.4 is 5.32 Å². The third-order valence-corrected chi connectivity index (χ3v) is 3.25. The Morgan fingerprint density at radius 1 is 1.33 bits per heavy atom. The third kappa shape index (κ3) is 2.62. The predicted molar refractivity (Wildman–Crippen MR) is 66.6 cm³/mol. The number of aromatic nitrogens is 1. The first-order valence-electron chi connectivity index (χ1n) is 4.29. The van der Waals surface area contributed by atoms with Crippen LogP contribution in [0.4, 0.5) is 10.8 Å². The van der Waals surface area contributed by atoms with Gasteiger partial charge in [0.15, 0.2) is 5.13 Å². The number of anilines is 2. The lowest BCUT2D eigenvalue weighted by atomic mass is 10.2. The van der Waals surface area contributed by atoms with E-state index in [0.717, 1.165) is 16.4 Å². The lowest BCUT2D eigenvalue weighted by molar-refractivity contribution is 1.38. The second-order valence-corrected chi connectivity index (χ2v) is 4.74. The van der Waals surface area contributed by atoms with Crippen molar-refractivity contribution in [3.8, 4) is 0 Å². The number of benzene rings is 1. The smallest absolute Gasteiger partial charge is 0.188 e. The number of thiazole rings is 1. The zero-order valence-electron chi connectivity index (χ0n) is 7.92. The SMILES string of the molecule is Cc1ccc(Cl)c(Nc2nc(Cl)cs2)c1. The predicted octanol–water partition coefficient (Wildman–Crippen LogP) is 4.50. The molecule has 0 bridgehead atoms. The average Bonchev–Trinajstić information content (AvgIpc) is 2.58. The molecule has 1 aromatic heterocycles. The Labute approximate surface area is 102 Å². The summed E-state index contributed by atoms with van der Waals surface area (Å²) in [6.45, 7) is 2.01. The highest BCUT2D eigenvalue weighted by Gasteiger charge is 2.03. The molecule has 0 aliphatic heterocycles. The van der Waals surface area contributed by atoms with E-state index in [0.29, 0.717) is 10.2 Å². The highest BCUT2D eigenvalue weighted by Crippen LogP contribution is 2.28. The van der Waals surface area contributed by atoms with E-state index in [1.807, 2.05) is 25.1 Å². The molecule has 0 aliphatic carbocycles. The second kappa shape index (κ2) is 4.39. The van der Waals surface area contributed by atoms with Crippen molar-refractivity contribution in [1.82, 2.24) is 4.98 Å². The van der Waals surface area contributed by atoms with E-state index in [4.69, 9.17) is 23.2 Å². The summed E-state index contributed by atoms with van der Waals surface area (Å²) in [5.74, 6) is 0. The fourth-order valence-electron chi connectivity index (χ4n) is 1.16. The molecule has 0 aliphatic rings. The summed E-state index contributed by atoms with van der Waals surface area (Å²) in [7, 11) is 0. The molecule has 1 N–H and O–H groups in total. The number of halogens is 2. The van der Waals surface area contributed by atoms with Gasteiger partial charge in [-0.25, -0.2) is 4.98 Å². The lowest BCUT2D eigenvalue weighted by Gasteiger charge is -2.05. The Balaban J connectivity index is 2.27. The first-order valence-corrected chi connectivity index (χ1v) is 5.93. The highest BCUT2D eigenvalue weighted by atomic mass is 35.5. The van der Waals surface area contributed by atoms with Crippen molar-refractivity contribution in [2.75, 3.05) is 5.32 Å². The van der Waals surface area contributed by atoms with Gasteiger partial charge in [-0.3, -0.25) is 0 Å². The molecule has 0 radical (unpaired) electrons. The molecular weight excluding hydrogens is 251 g/mol. The van der Waals surface area contributed by atoms with E-state index < -0.39 is 0 Å². The average molecular weight is 259 g/mol. The maximum Gasteiger partial charge on any atom is 0.188 e. The molecule has 0 atom stereocenters. The molecule has 0 fully saturated rings. The number of nitrogens with zero attached hydrogens (tertiary/aromatic N) is 1. The number of nitrogens with one attached hydrogen (secondary N) is 1. The number of rotatable bonds is 2. The van der Waals surface area contributed by atoms with E-state index in [-0.39, 0.29) is 0 Å². The summed E-state index contributed by atoms with van der Waals surface area (Å²) in [6, 6.07) is 5.79. The summed E-state index contributed by atoms with van der Waals surface area (Å²) in [5, 5.41) is 6.80. The Kier molecular flexibility index (Phi) is 3.14. The van der Waals surface area contributed by atoms with Gasteiger partial charge < -0.3 is 5.32 Å². The third-order valence-electron chi connectivity index (χ3n) is 1.84. The van der Waals surface area contributed by atoms with E-state index in [9.17, 15) is 0 Å². The fourth-order valence-corrected chi connectivity index (χ4v) is 2.18. The minimum atomic E-state index is 0.492. The maximum atomic E-state index is 6.03. The van der Waals surface area contributed by atoms with Crippen LogP contribution in [0.15, 0.2) is 23.6 Å². The van der Waals surface area contributed by atoms with Crippen molar-refractivity contribution in [3.05, 3.63) is 39.3 Å². The van der Waals surface area contributed by atoms with Crippen LogP contribution >= 0.6 is 34.5 Å². The molecule has 0 unspecified atom stereocenters. The van der Waals surface area contributed by atoms with Crippen LogP contribution in [0.1, 0.15) is 5.56 Å². The van der Waals surface area contributed by atoms with Crippen LogP contribution in [0.2, 0.25) is 10.2 Å². The summed E-state index contributed by atoms with van der Waals surface area (Å²) < 4.78 is 0. The van der Waals surface area contributed by atoms with Crippen LogP contribution in [-0.4, -0.2) is 4.98 Å². The van der Waals surface area contributed by atoms with E-state index in [1.54, 1.807) is 5.38 Å². The van der Waals surface area contributed by atoms with Gasteiger partial charge in [0.1, 0.15) is 5.15 Å². The van der Waals surface area contributed by atoms with E-state index in [1.165, 1.54) is 11.3 Å². The first kappa shape index (κ1) is 10.7. The van der Waals surface area contributed by atoms with Gasteiger partial charge in [0.05, 0.1) is 10.7 Å². The molecule has 0 spiro atoms. The zero-order chi connectivity index (χ0) is 10.8. The van der Waals surface area contributed by atoms with Crippen molar-refractivity contribution in [3.63, 3.8) is 0 Å². The molecule has 78 valence electrons. The van der Waals surface area contributed by atoms with Crippen LogP contribution in [0.5, 0.6) is 0 Å². The van der Waals surface area contributed by atoms with Crippen molar-refractivity contribution in [1.29, 1.82) is 0 Å². The van der Waals surface area contributed by atoms with Gasteiger partial charge in [0, 0.05) is 5.38 Å². The summed E-state index contributed by atoms with van der Waals surface area (Å²) in [4.78, 5) is 4.09. The molecule has 15 heavy (non-hydrogen) atoms. The normalized spacial score (nSPS) is 10.3. The van der Waals surface area contributed by atoms with E-state index in [2.05, 4.69) is 10.3 Å². The van der Waals surface area contributed by atoms with E-state index >= 15 is 0 Å². The molecular formula is C10H8Cl2N2S. The minimum absolute atomic E-state index is 0.492. The Morgan fingerprint density at radius 2 is 2.13 bits per heavy atom. The van der Waals surface area contributed by atoms with Crippen LogP contribution in [-0.2, 0) is 0 Å². The van der Waals surface area contributed by atoms with Gasteiger partial charge in [-0.1, -0.05) is 29.3 Å². The van der Waals surface area contributed by atoms with Crippen LogP contribution in [0.25, 0.3) is 0 Å². The van der Waals surface area contributed by atoms with Crippen molar-refractivity contribution in [2.24, 2.45) is 0 Å². The Morgan fingerprint density at radius 3 is 2.80 bits per heavy atom. The molecule has 5 heteroatoms. The van der Waals surface area contributed by atoms with Gasteiger partial charge in [-0.2, -0.15) is 0 Å². The van der Waals surface area contributed by atoms with Crippen molar-refractivity contribution in [2.45, 2.75) is 6.92 Å². The van der Waals surface area contributed by atoms with Gasteiger partial charge >= 0.3 is 0 Å². The molecule has 2 nitrogen and oxygen atoms in total. The van der Waals surface area contributed by atoms with Gasteiger partial charge in [0.2, 0.25) is 0 Å². The number of hydrogen-bond acceptors (Lipinski definition) is 3. The Bertz CT molecular complexity index is 482. The summed E-state index contributed by atoms with van der Waals surface area (Å²) in [5.41, 5.74) is 1.99. The topological polar surface area (TPSA) is 24.9 Å². The molecule has 0 saturated carbocycles. The second-order valence-electron chi connectivity index (χ2n) is 3.08. The zero-order valence-corrected chi connectivity index (χ0v) is 10.2. The molecule has 2 aromatic rings. The molecule has 1 heterocycles. The van der Waals surface area contributed by atoms with Gasteiger partial charge in [-0.15, -0.1) is 11.3 Å². The monoisotopic (exact) mass is 258 g/mol. The van der Waals surface area contributed by atoms with Crippen molar-refractivity contribution >= 4 is 45.4 Å².